The summed E-state index contributed by atoms with van der Waals surface area (Å²) in [5.41, 5.74) is 4.76. The molecule has 0 unspecified atom stereocenters. The standard InChI is InChI=1S/C9H9N3S/c1-6-3-10-9(12-7(6)2)8-4-13-5-11-8/h3-5H,1-2H3. The van der Waals surface area contributed by atoms with Crippen molar-refractivity contribution in [1.29, 1.82) is 0 Å². The van der Waals surface area contributed by atoms with E-state index in [4.69, 9.17) is 0 Å². The highest BCUT2D eigenvalue weighted by molar-refractivity contribution is 7.07. The maximum atomic E-state index is 4.35. The van der Waals surface area contributed by atoms with E-state index >= 15 is 0 Å². The number of hydrogen-bond acceptors (Lipinski definition) is 4. The lowest BCUT2D eigenvalue weighted by atomic mass is 10.3. The van der Waals surface area contributed by atoms with Gasteiger partial charge in [0.2, 0.25) is 0 Å². The van der Waals surface area contributed by atoms with Crippen LogP contribution in [0.3, 0.4) is 0 Å². The molecule has 2 aromatic rings. The molecule has 66 valence electrons. The SMILES string of the molecule is Cc1cnc(-c2cscn2)nc1C. The van der Waals surface area contributed by atoms with Gasteiger partial charge in [0, 0.05) is 17.3 Å². The molecule has 0 saturated carbocycles. The molecule has 0 aromatic carbocycles. The Morgan fingerprint density at radius 1 is 1.23 bits per heavy atom. The molecule has 0 radical (unpaired) electrons. The summed E-state index contributed by atoms with van der Waals surface area (Å²) < 4.78 is 0. The summed E-state index contributed by atoms with van der Waals surface area (Å²) in [5.74, 6) is 0.712. The minimum absolute atomic E-state index is 0.712. The largest absolute Gasteiger partial charge is 0.241 e. The maximum absolute atomic E-state index is 4.35. The summed E-state index contributed by atoms with van der Waals surface area (Å²) in [4.78, 5) is 12.7. The molecule has 3 nitrogen and oxygen atoms in total. The number of hydrogen-bond donors (Lipinski definition) is 0. The van der Waals surface area contributed by atoms with Crippen molar-refractivity contribution in [2.24, 2.45) is 0 Å². The van der Waals surface area contributed by atoms with Gasteiger partial charge in [0.15, 0.2) is 5.82 Å². The minimum Gasteiger partial charge on any atom is -0.241 e. The van der Waals surface area contributed by atoms with Gasteiger partial charge in [0.1, 0.15) is 5.69 Å². The summed E-state index contributed by atoms with van der Waals surface area (Å²) in [6.45, 7) is 3.98. The number of nitrogens with zero attached hydrogens (tertiary/aromatic N) is 3. The van der Waals surface area contributed by atoms with Crippen LogP contribution < -0.4 is 0 Å². The van der Waals surface area contributed by atoms with Gasteiger partial charge in [-0.3, -0.25) is 0 Å². The molecule has 2 aromatic heterocycles. The summed E-state index contributed by atoms with van der Waals surface area (Å²) >= 11 is 1.55. The van der Waals surface area contributed by atoms with Crippen LogP contribution >= 0.6 is 11.3 Å². The molecule has 4 heteroatoms. The second-order valence-electron chi connectivity index (χ2n) is 2.84. The molecule has 0 aliphatic carbocycles. The number of aromatic nitrogens is 3. The first-order chi connectivity index (χ1) is 6.27. The van der Waals surface area contributed by atoms with Gasteiger partial charge in [-0.15, -0.1) is 11.3 Å². The third kappa shape index (κ3) is 1.58. The number of aryl methyl sites for hydroxylation is 2. The van der Waals surface area contributed by atoms with Crippen molar-refractivity contribution in [3.8, 4) is 11.5 Å². The lowest BCUT2D eigenvalue weighted by Gasteiger charge is -1.99. The van der Waals surface area contributed by atoms with Crippen molar-refractivity contribution >= 4 is 11.3 Å². The molecule has 13 heavy (non-hydrogen) atoms. The van der Waals surface area contributed by atoms with Crippen molar-refractivity contribution in [3.05, 3.63) is 28.3 Å². The molecule has 0 fully saturated rings. The zero-order chi connectivity index (χ0) is 9.26. The Morgan fingerprint density at radius 2 is 2.08 bits per heavy atom. The molecule has 0 N–H and O–H groups in total. The van der Waals surface area contributed by atoms with Crippen LogP contribution in [0, 0.1) is 13.8 Å². The van der Waals surface area contributed by atoms with E-state index in [-0.39, 0.29) is 0 Å². The first-order valence-electron chi connectivity index (χ1n) is 3.96. The summed E-state index contributed by atoms with van der Waals surface area (Å²) in [7, 11) is 0. The van der Waals surface area contributed by atoms with Crippen LogP contribution in [0.5, 0.6) is 0 Å². The van der Waals surface area contributed by atoms with Crippen LogP contribution in [0.15, 0.2) is 17.1 Å². The highest BCUT2D eigenvalue weighted by Gasteiger charge is 2.03. The highest BCUT2D eigenvalue weighted by Crippen LogP contribution is 2.15. The average molecular weight is 191 g/mol. The van der Waals surface area contributed by atoms with Crippen molar-refractivity contribution in [2.75, 3.05) is 0 Å². The molecule has 0 spiro atoms. The van der Waals surface area contributed by atoms with Crippen LogP contribution in [-0.4, -0.2) is 15.0 Å². The van der Waals surface area contributed by atoms with Gasteiger partial charge in [0.05, 0.1) is 5.51 Å². The molecule has 2 rings (SSSR count). The Morgan fingerprint density at radius 3 is 2.69 bits per heavy atom. The Labute approximate surface area is 80.5 Å². The van der Waals surface area contributed by atoms with E-state index in [1.165, 1.54) is 0 Å². The van der Waals surface area contributed by atoms with Crippen molar-refractivity contribution in [1.82, 2.24) is 15.0 Å². The predicted octanol–water partition coefficient (Wildman–Crippen LogP) is 2.22. The molecular formula is C9H9N3S. The van der Waals surface area contributed by atoms with Crippen LogP contribution in [0.4, 0.5) is 0 Å². The van der Waals surface area contributed by atoms with E-state index in [9.17, 15) is 0 Å². The first-order valence-corrected chi connectivity index (χ1v) is 4.90. The van der Waals surface area contributed by atoms with Gasteiger partial charge < -0.3 is 0 Å². The molecule has 0 atom stereocenters. The van der Waals surface area contributed by atoms with Gasteiger partial charge in [-0.25, -0.2) is 15.0 Å². The van der Waals surface area contributed by atoms with Crippen LogP contribution in [-0.2, 0) is 0 Å². The lowest BCUT2D eigenvalue weighted by molar-refractivity contribution is 1.06. The molecular weight excluding hydrogens is 182 g/mol. The summed E-state index contributed by atoms with van der Waals surface area (Å²) in [6.07, 6.45) is 1.83. The van der Waals surface area contributed by atoms with E-state index in [0.29, 0.717) is 5.82 Å². The van der Waals surface area contributed by atoms with Gasteiger partial charge in [-0.2, -0.15) is 0 Å². The van der Waals surface area contributed by atoms with E-state index < -0.39 is 0 Å². The fourth-order valence-corrected chi connectivity index (χ4v) is 1.50. The summed E-state index contributed by atoms with van der Waals surface area (Å²) in [6, 6.07) is 0. The fourth-order valence-electron chi connectivity index (χ4n) is 0.974. The van der Waals surface area contributed by atoms with E-state index in [2.05, 4.69) is 15.0 Å². The molecule has 0 saturated heterocycles. The normalized spacial score (nSPS) is 10.3. The predicted molar refractivity (Wildman–Crippen MR) is 52.6 cm³/mol. The van der Waals surface area contributed by atoms with Crippen LogP contribution in [0.1, 0.15) is 11.3 Å². The number of rotatable bonds is 1. The Balaban J connectivity index is 2.49. The monoisotopic (exact) mass is 191 g/mol. The zero-order valence-corrected chi connectivity index (χ0v) is 8.30. The fraction of sp³-hybridized carbons (Fsp3) is 0.222. The van der Waals surface area contributed by atoms with Gasteiger partial charge in [-0.1, -0.05) is 0 Å². The first kappa shape index (κ1) is 8.31. The zero-order valence-electron chi connectivity index (χ0n) is 7.48. The third-order valence-corrected chi connectivity index (χ3v) is 2.47. The molecule has 0 bridgehead atoms. The smallest absolute Gasteiger partial charge is 0.179 e. The lowest BCUT2D eigenvalue weighted by Crippen LogP contribution is -1.93. The average Bonchev–Trinajstić information content (AvgIpc) is 2.62. The Kier molecular flexibility index (Phi) is 2.06. The molecule has 0 aliphatic heterocycles. The molecule has 2 heterocycles. The Bertz CT molecular complexity index is 409. The van der Waals surface area contributed by atoms with Gasteiger partial charge >= 0.3 is 0 Å². The van der Waals surface area contributed by atoms with Crippen molar-refractivity contribution in [3.63, 3.8) is 0 Å². The topological polar surface area (TPSA) is 38.7 Å². The molecule has 0 amide bonds. The van der Waals surface area contributed by atoms with Crippen LogP contribution in [0.2, 0.25) is 0 Å². The van der Waals surface area contributed by atoms with Crippen molar-refractivity contribution in [2.45, 2.75) is 13.8 Å². The molecule has 0 aliphatic rings. The maximum Gasteiger partial charge on any atom is 0.179 e. The number of thiazole rings is 1. The second-order valence-corrected chi connectivity index (χ2v) is 3.55. The summed E-state index contributed by atoms with van der Waals surface area (Å²) in [5, 5.41) is 1.95. The van der Waals surface area contributed by atoms with Crippen molar-refractivity contribution < 1.29 is 0 Å². The Hall–Kier alpha value is -1.29. The van der Waals surface area contributed by atoms with Gasteiger partial charge in [0.25, 0.3) is 0 Å². The minimum atomic E-state index is 0.712. The quantitative estimate of drug-likeness (QED) is 0.693. The van der Waals surface area contributed by atoms with E-state index in [1.807, 2.05) is 25.4 Å². The van der Waals surface area contributed by atoms with E-state index in [1.54, 1.807) is 16.8 Å². The van der Waals surface area contributed by atoms with Crippen LogP contribution in [0.25, 0.3) is 11.5 Å². The van der Waals surface area contributed by atoms with Gasteiger partial charge in [-0.05, 0) is 19.4 Å². The third-order valence-electron chi connectivity index (χ3n) is 1.89. The highest BCUT2D eigenvalue weighted by atomic mass is 32.1. The van der Waals surface area contributed by atoms with E-state index in [0.717, 1.165) is 17.0 Å². The second kappa shape index (κ2) is 3.22.